The summed E-state index contributed by atoms with van der Waals surface area (Å²) in [6, 6.07) is 16.6. The number of hydrogen-bond acceptors (Lipinski definition) is 6. The average molecular weight is 446 g/mol. The second-order valence-corrected chi connectivity index (χ2v) is 8.19. The lowest BCUT2D eigenvalue weighted by Crippen LogP contribution is -2.17. The van der Waals surface area contributed by atoms with Crippen molar-refractivity contribution in [3.8, 4) is 11.5 Å². The van der Waals surface area contributed by atoms with E-state index in [0.717, 1.165) is 21.0 Å². The molecule has 0 aliphatic rings. The third-order valence-electron chi connectivity index (χ3n) is 5.38. The summed E-state index contributed by atoms with van der Waals surface area (Å²) in [6.07, 6.45) is 0. The van der Waals surface area contributed by atoms with Crippen molar-refractivity contribution in [2.45, 2.75) is 0 Å². The fraction of sp³-hybridized carbons (Fsp3) is 0.125. The first-order chi connectivity index (χ1) is 15.5. The molecule has 0 atom stereocenters. The van der Waals surface area contributed by atoms with Crippen LogP contribution in [-0.4, -0.2) is 24.7 Å². The lowest BCUT2D eigenvalue weighted by molar-refractivity contribution is 0.0994. The van der Waals surface area contributed by atoms with E-state index < -0.39 is 11.5 Å². The molecule has 0 aliphatic heterocycles. The van der Waals surface area contributed by atoms with Gasteiger partial charge in [-0.05, 0) is 22.9 Å². The Hall–Kier alpha value is -3.91. The minimum Gasteiger partial charge on any atom is -0.493 e. The molecule has 0 saturated heterocycles. The number of fused-ring (bicyclic) bond motifs is 4. The van der Waals surface area contributed by atoms with Crippen molar-refractivity contribution in [3.05, 3.63) is 75.4 Å². The van der Waals surface area contributed by atoms with Crippen LogP contribution in [0.4, 0.5) is 0 Å². The van der Waals surface area contributed by atoms with Crippen molar-refractivity contribution in [1.29, 1.82) is 0 Å². The minimum absolute atomic E-state index is 0.110. The van der Waals surface area contributed by atoms with Crippen LogP contribution in [0.1, 0.15) is 10.4 Å². The van der Waals surface area contributed by atoms with Gasteiger partial charge < -0.3 is 18.5 Å². The number of aromatic nitrogens is 1. The van der Waals surface area contributed by atoms with E-state index in [1.165, 1.54) is 11.3 Å². The summed E-state index contributed by atoms with van der Waals surface area (Å²) in [5.41, 5.74) is 0.433. The molecule has 0 spiro atoms. The molecule has 3 aromatic carbocycles. The zero-order chi connectivity index (χ0) is 22.4. The molecule has 5 aromatic rings. The standard InChI is InChI=1S/C24H18N2O5S/c1-26-17-11-19(29-2)20(30-3)12-21(17)32-24(26)25-22(27)16-10-15-14-7-5-4-6-13(14)8-9-18(15)31-23(16)28/h4-12H,1-3H3. The summed E-state index contributed by atoms with van der Waals surface area (Å²) in [5, 5.41) is 2.58. The van der Waals surface area contributed by atoms with Crippen molar-refractivity contribution in [2.24, 2.45) is 12.0 Å². The number of amides is 1. The van der Waals surface area contributed by atoms with Gasteiger partial charge in [0.25, 0.3) is 5.91 Å². The van der Waals surface area contributed by atoms with Gasteiger partial charge in [0.05, 0.1) is 24.4 Å². The van der Waals surface area contributed by atoms with E-state index in [2.05, 4.69) is 4.99 Å². The number of ether oxygens (including phenoxy) is 2. The van der Waals surface area contributed by atoms with Gasteiger partial charge in [-0.1, -0.05) is 41.7 Å². The first kappa shape index (κ1) is 20.0. The molecule has 5 rings (SSSR count). The van der Waals surface area contributed by atoms with E-state index in [1.807, 2.05) is 42.5 Å². The van der Waals surface area contributed by atoms with Crippen molar-refractivity contribution < 1.29 is 18.7 Å². The monoisotopic (exact) mass is 446 g/mol. The van der Waals surface area contributed by atoms with E-state index >= 15 is 0 Å². The van der Waals surface area contributed by atoms with Gasteiger partial charge in [0, 0.05) is 24.6 Å². The number of carbonyl (C=O) groups is 1. The average Bonchev–Trinajstić information content (AvgIpc) is 3.11. The Bertz CT molecular complexity index is 1660. The molecule has 0 radical (unpaired) electrons. The largest absolute Gasteiger partial charge is 0.493 e. The Kier molecular flexibility index (Phi) is 4.79. The quantitative estimate of drug-likeness (QED) is 0.306. The van der Waals surface area contributed by atoms with Crippen LogP contribution in [0.2, 0.25) is 0 Å². The van der Waals surface area contributed by atoms with Crippen molar-refractivity contribution in [2.75, 3.05) is 14.2 Å². The van der Waals surface area contributed by atoms with Crippen LogP contribution < -0.4 is 19.9 Å². The van der Waals surface area contributed by atoms with Crippen molar-refractivity contribution in [3.63, 3.8) is 0 Å². The van der Waals surface area contributed by atoms with Crippen molar-refractivity contribution in [1.82, 2.24) is 4.57 Å². The molecule has 1 amide bonds. The van der Waals surface area contributed by atoms with Gasteiger partial charge in [-0.25, -0.2) is 4.79 Å². The van der Waals surface area contributed by atoms with Crippen LogP contribution in [-0.2, 0) is 7.05 Å². The predicted molar refractivity (Wildman–Crippen MR) is 124 cm³/mol. The molecule has 2 aromatic heterocycles. The van der Waals surface area contributed by atoms with Crippen LogP contribution in [0, 0.1) is 0 Å². The third kappa shape index (κ3) is 3.16. The van der Waals surface area contributed by atoms with Crippen LogP contribution >= 0.6 is 11.3 Å². The summed E-state index contributed by atoms with van der Waals surface area (Å²) in [4.78, 5) is 30.2. The van der Waals surface area contributed by atoms with Gasteiger partial charge in [0.1, 0.15) is 11.1 Å². The molecular formula is C24H18N2O5S. The molecule has 160 valence electrons. The Balaban J connectivity index is 1.68. The maximum Gasteiger partial charge on any atom is 0.349 e. The summed E-state index contributed by atoms with van der Waals surface area (Å²) in [6.45, 7) is 0. The minimum atomic E-state index is -0.714. The molecule has 2 heterocycles. The second-order valence-electron chi connectivity index (χ2n) is 7.18. The van der Waals surface area contributed by atoms with Gasteiger partial charge in [-0.3, -0.25) is 4.79 Å². The molecule has 0 saturated carbocycles. The van der Waals surface area contributed by atoms with Crippen LogP contribution in [0.15, 0.2) is 68.8 Å². The molecule has 0 unspecified atom stereocenters. The smallest absolute Gasteiger partial charge is 0.349 e. The fourth-order valence-corrected chi connectivity index (χ4v) is 4.76. The van der Waals surface area contributed by atoms with Gasteiger partial charge >= 0.3 is 5.63 Å². The topological polar surface area (TPSA) is 83.0 Å². The summed E-state index contributed by atoms with van der Waals surface area (Å²) in [5.74, 6) is 0.504. The zero-order valence-electron chi connectivity index (χ0n) is 17.5. The SMILES string of the molecule is COc1cc2sc(=NC(=O)c3cc4c(ccc5ccccc54)oc3=O)n(C)c2cc1OC. The van der Waals surface area contributed by atoms with Crippen LogP contribution in [0.25, 0.3) is 32.0 Å². The van der Waals surface area contributed by atoms with Crippen molar-refractivity contribution >= 4 is 49.2 Å². The highest BCUT2D eigenvalue weighted by molar-refractivity contribution is 7.16. The lowest BCUT2D eigenvalue weighted by Gasteiger charge is -2.07. The summed E-state index contributed by atoms with van der Waals surface area (Å²) < 4.78 is 18.8. The molecule has 0 N–H and O–H groups in total. The van der Waals surface area contributed by atoms with E-state index in [-0.39, 0.29) is 5.56 Å². The van der Waals surface area contributed by atoms with Crippen LogP contribution in [0.5, 0.6) is 11.5 Å². The summed E-state index contributed by atoms with van der Waals surface area (Å²) in [7, 11) is 4.93. The Morgan fingerprint density at radius 3 is 2.53 bits per heavy atom. The molecule has 0 bridgehead atoms. The first-order valence-corrected chi connectivity index (χ1v) is 10.6. The Labute approximate surface area is 185 Å². The molecule has 7 nitrogen and oxygen atoms in total. The second kappa shape index (κ2) is 7.65. The van der Waals surface area contributed by atoms with Crippen LogP contribution in [0.3, 0.4) is 0 Å². The number of nitrogens with zero attached hydrogens (tertiary/aromatic N) is 2. The van der Waals surface area contributed by atoms with E-state index in [4.69, 9.17) is 13.9 Å². The number of aryl methyl sites for hydroxylation is 1. The molecule has 8 heteroatoms. The molecule has 32 heavy (non-hydrogen) atoms. The number of carbonyl (C=O) groups excluding carboxylic acids is 1. The Morgan fingerprint density at radius 1 is 1.00 bits per heavy atom. The van der Waals surface area contributed by atoms with Gasteiger partial charge in [-0.2, -0.15) is 4.99 Å². The summed E-state index contributed by atoms with van der Waals surface area (Å²) >= 11 is 1.31. The highest BCUT2D eigenvalue weighted by Gasteiger charge is 2.16. The van der Waals surface area contributed by atoms with Gasteiger partial charge in [-0.15, -0.1) is 0 Å². The number of benzene rings is 3. The normalized spacial score (nSPS) is 12.0. The van der Waals surface area contributed by atoms with E-state index in [0.29, 0.717) is 27.3 Å². The van der Waals surface area contributed by atoms with Gasteiger partial charge in [0.15, 0.2) is 16.3 Å². The van der Waals surface area contributed by atoms with Gasteiger partial charge in [0.2, 0.25) is 0 Å². The Morgan fingerprint density at radius 2 is 1.75 bits per heavy atom. The molecular weight excluding hydrogens is 428 g/mol. The first-order valence-electron chi connectivity index (χ1n) is 9.76. The third-order valence-corrected chi connectivity index (χ3v) is 6.48. The number of rotatable bonds is 3. The number of thiazole rings is 1. The maximum atomic E-state index is 13.0. The molecule has 0 fully saturated rings. The highest BCUT2D eigenvalue weighted by atomic mass is 32.1. The highest BCUT2D eigenvalue weighted by Crippen LogP contribution is 2.33. The zero-order valence-corrected chi connectivity index (χ0v) is 18.4. The molecule has 0 aliphatic carbocycles. The number of hydrogen-bond donors (Lipinski definition) is 0. The predicted octanol–water partition coefficient (Wildman–Crippen LogP) is 4.26. The van der Waals surface area contributed by atoms with E-state index in [1.54, 1.807) is 38.0 Å². The number of methoxy groups -OCH3 is 2. The van der Waals surface area contributed by atoms with E-state index in [9.17, 15) is 9.59 Å². The lowest BCUT2D eigenvalue weighted by atomic mass is 10.0. The maximum absolute atomic E-state index is 13.0. The fourth-order valence-electron chi connectivity index (χ4n) is 3.73.